The van der Waals surface area contributed by atoms with Gasteiger partial charge in [-0.1, -0.05) is 23.9 Å². The molecule has 0 aliphatic rings. The molecule has 0 N–H and O–H groups in total. The van der Waals surface area contributed by atoms with Crippen molar-refractivity contribution in [3.63, 3.8) is 0 Å². The van der Waals surface area contributed by atoms with Gasteiger partial charge in [-0.15, -0.1) is 0 Å². The zero-order valence-electron chi connectivity index (χ0n) is 11.5. The molecule has 0 saturated heterocycles. The summed E-state index contributed by atoms with van der Waals surface area (Å²) in [6.07, 6.45) is 6.80. The Morgan fingerprint density at radius 1 is 1.05 bits per heavy atom. The second-order valence-corrected chi connectivity index (χ2v) is 5.34. The predicted molar refractivity (Wildman–Crippen MR) is 78.8 cm³/mol. The highest BCUT2D eigenvalue weighted by Gasteiger charge is 2.01. The van der Waals surface area contributed by atoms with Crippen molar-refractivity contribution in [1.29, 1.82) is 0 Å². The van der Waals surface area contributed by atoms with Crippen molar-refractivity contribution in [2.45, 2.75) is 31.5 Å². The zero-order valence-corrected chi connectivity index (χ0v) is 12.3. The van der Waals surface area contributed by atoms with Crippen molar-refractivity contribution in [1.82, 2.24) is 9.97 Å². The molecular weight excluding hydrogens is 256 g/mol. The molecule has 0 saturated carbocycles. The molecule has 0 atom stereocenters. The van der Waals surface area contributed by atoms with Gasteiger partial charge in [-0.25, -0.2) is 9.97 Å². The van der Waals surface area contributed by atoms with Crippen LogP contribution in [0.5, 0.6) is 5.75 Å². The number of hydrogen-bond acceptors (Lipinski definition) is 4. The maximum absolute atomic E-state index is 5.62. The fraction of sp³-hybridized carbons (Fsp3) is 0.333. The van der Waals surface area contributed by atoms with E-state index < -0.39 is 0 Å². The minimum absolute atomic E-state index is 0.207. The molecule has 2 rings (SSSR count). The van der Waals surface area contributed by atoms with Gasteiger partial charge in [-0.2, -0.15) is 0 Å². The summed E-state index contributed by atoms with van der Waals surface area (Å²) in [5.74, 6) is 0.910. The summed E-state index contributed by atoms with van der Waals surface area (Å²) < 4.78 is 5.62. The van der Waals surface area contributed by atoms with Crippen LogP contribution in [-0.4, -0.2) is 22.3 Å². The van der Waals surface area contributed by atoms with Crippen LogP contribution < -0.4 is 4.74 Å². The lowest BCUT2D eigenvalue weighted by Crippen LogP contribution is -2.05. The molecule has 1 heterocycles. The van der Waals surface area contributed by atoms with E-state index in [1.807, 2.05) is 44.6 Å². The van der Waals surface area contributed by atoms with Crippen LogP contribution in [0.1, 0.15) is 25.0 Å². The number of ether oxygens (including phenoxy) is 1. The van der Waals surface area contributed by atoms with Crippen molar-refractivity contribution < 1.29 is 4.74 Å². The first-order chi connectivity index (χ1) is 9.17. The number of hydrogen-bond donors (Lipinski definition) is 0. The summed E-state index contributed by atoms with van der Waals surface area (Å²) in [6, 6.07) is 8.18. The monoisotopic (exact) mass is 274 g/mol. The maximum Gasteiger partial charge on any atom is 0.187 e. The molecule has 0 aliphatic heterocycles. The van der Waals surface area contributed by atoms with E-state index in [-0.39, 0.29) is 6.10 Å². The number of rotatable bonds is 5. The van der Waals surface area contributed by atoms with Gasteiger partial charge in [0.15, 0.2) is 5.16 Å². The lowest BCUT2D eigenvalue weighted by Gasteiger charge is -2.10. The molecule has 0 aliphatic carbocycles. The molecule has 0 amide bonds. The Morgan fingerprint density at radius 2 is 1.68 bits per heavy atom. The number of thioether (sulfide) groups is 1. The van der Waals surface area contributed by atoms with Crippen LogP contribution in [0.25, 0.3) is 0 Å². The summed E-state index contributed by atoms with van der Waals surface area (Å²) in [7, 11) is 0. The molecule has 1 aromatic carbocycles. The Balaban J connectivity index is 2.02. The van der Waals surface area contributed by atoms with Gasteiger partial charge >= 0.3 is 0 Å². The van der Waals surface area contributed by atoms with Crippen molar-refractivity contribution in [3.8, 4) is 5.75 Å². The highest BCUT2D eigenvalue weighted by atomic mass is 32.2. The van der Waals surface area contributed by atoms with E-state index >= 15 is 0 Å². The quantitative estimate of drug-likeness (QED) is 0.616. The Morgan fingerprint density at radius 3 is 2.21 bits per heavy atom. The lowest BCUT2D eigenvalue weighted by molar-refractivity contribution is 0.242. The van der Waals surface area contributed by atoms with Crippen LogP contribution in [0.15, 0.2) is 41.8 Å². The van der Waals surface area contributed by atoms with Crippen molar-refractivity contribution >= 4 is 11.8 Å². The molecule has 0 unspecified atom stereocenters. The standard InChI is InChI=1S/C15H18N2OS/c1-11(2)18-14-6-4-12(5-7-14)8-13-9-16-15(19-3)17-10-13/h4-7,9-11H,8H2,1-3H3. The fourth-order valence-electron chi connectivity index (χ4n) is 1.73. The molecule has 2 aromatic rings. The lowest BCUT2D eigenvalue weighted by atomic mass is 10.1. The summed E-state index contributed by atoms with van der Waals surface area (Å²) in [5.41, 5.74) is 2.35. The summed E-state index contributed by atoms with van der Waals surface area (Å²) in [5, 5.41) is 0.810. The molecule has 0 radical (unpaired) electrons. The van der Waals surface area contributed by atoms with Gasteiger partial charge in [-0.3, -0.25) is 0 Å². The molecular formula is C15H18N2OS. The summed E-state index contributed by atoms with van der Waals surface area (Å²) >= 11 is 1.55. The normalized spacial score (nSPS) is 10.7. The Labute approximate surface area is 118 Å². The third-order valence-corrected chi connectivity index (χ3v) is 3.14. The van der Waals surface area contributed by atoms with E-state index in [4.69, 9.17) is 4.74 Å². The maximum atomic E-state index is 5.62. The highest BCUT2D eigenvalue weighted by molar-refractivity contribution is 7.98. The molecule has 100 valence electrons. The van der Waals surface area contributed by atoms with Crippen LogP contribution >= 0.6 is 11.8 Å². The van der Waals surface area contributed by atoms with Gasteiger partial charge in [0.05, 0.1) is 6.10 Å². The Kier molecular flexibility index (Phi) is 4.80. The third-order valence-electron chi connectivity index (χ3n) is 2.57. The zero-order chi connectivity index (χ0) is 13.7. The van der Waals surface area contributed by atoms with E-state index in [9.17, 15) is 0 Å². The SMILES string of the molecule is CSc1ncc(Cc2ccc(OC(C)C)cc2)cn1. The number of aromatic nitrogens is 2. The first-order valence-corrected chi connectivity index (χ1v) is 7.50. The van der Waals surface area contributed by atoms with E-state index in [0.717, 1.165) is 22.9 Å². The minimum atomic E-state index is 0.207. The van der Waals surface area contributed by atoms with Gasteiger partial charge in [-0.05, 0) is 43.4 Å². The van der Waals surface area contributed by atoms with Gasteiger partial charge in [0.25, 0.3) is 0 Å². The average molecular weight is 274 g/mol. The average Bonchev–Trinajstić information content (AvgIpc) is 2.41. The molecule has 19 heavy (non-hydrogen) atoms. The summed E-state index contributed by atoms with van der Waals surface area (Å²) in [4.78, 5) is 8.55. The van der Waals surface area contributed by atoms with Gasteiger partial charge in [0.1, 0.15) is 5.75 Å². The fourth-order valence-corrected chi connectivity index (χ4v) is 2.05. The number of nitrogens with zero attached hydrogens (tertiary/aromatic N) is 2. The van der Waals surface area contributed by atoms with Crippen LogP contribution in [0.2, 0.25) is 0 Å². The van der Waals surface area contributed by atoms with Crippen LogP contribution in [0, 0.1) is 0 Å². The predicted octanol–water partition coefficient (Wildman–Crippen LogP) is 3.58. The van der Waals surface area contributed by atoms with Gasteiger partial charge in [0, 0.05) is 18.8 Å². The third kappa shape index (κ3) is 4.24. The second kappa shape index (κ2) is 6.57. The van der Waals surface area contributed by atoms with E-state index in [1.54, 1.807) is 11.8 Å². The van der Waals surface area contributed by atoms with Crippen molar-refractivity contribution in [2.75, 3.05) is 6.26 Å². The molecule has 4 heteroatoms. The Hall–Kier alpha value is -1.55. The minimum Gasteiger partial charge on any atom is -0.491 e. The molecule has 0 spiro atoms. The Bertz CT molecular complexity index is 509. The topological polar surface area (TPSA) is 35.0 Å². The number of benzene rings is 1. The first kappa shape index (κ1) is 13.9. The molecule has 0 fully saturated rings. The van der Waals surface area contributed by atoms with E-state index in [2.05, 4.69) is 22.1 Å². The summed E-state index contributed by atoms with van der Waals surface area (Å²) in [6.45, 7) is 4.05. The molecule has 3 nitrogen and oxygen atoms in total. The van der Waals surface area contributed by atoms with Crippen LogP contribution in [0.3, 0.4) is 0 Å². The molecule has 1 aromatic heterocycles. The van der Waals surface area contributed by atoms with Gasteiger partial charge < -0.3 is 4.74 Å². The largest absolute Gasteiger partial charge is 0.491 e. The van der Waals surface area contributed by atoms with E-state index in [1.165, 1.54) is 5.56 Å². The van der Waals surface area contributed by atoms with Crippen molar-refractivity contribution in [3.05, 3.63) is 47.8 Å². The first-order valence-electron chi connectivity index (χ1n) is 6.28. The van der Waals surface area contributed by atoms with Crippen LogP contribution in [-0.2, 0) is 6.42 Å². The van der Waals surface area contributed by atoms with E-state index in [0.29, 0.717) is 0 Å². The highest BCUT2D eigenvalue weighted by Crippen LogP contribution is 2.16. The van der Waals surface area contributed by atoms with Crippen molar-refractivity contribution in [2.24, 2.45) is 0 Å². The van der Waals surface area contributed by atoms with Crippen LogP contribution in [0.4, 0.5) is 0 Å². The second-order valence-electron chi connectivity index (χ2n) is 4.57. The smallest absolute Gasteiger partial charge is 0.187 e. The van der Waals surface area contributed by atoms with Gasteiger partial charge in [0.2, 0.25) is 0 Å². The molecule has 0 bridgehead atoms.